The third kappa shape index (κ3) is 2.88. The molecule has 1 unspecified atom stereocenters. The first-order chi connectivity index (χ1) is 8.68. The number of amides is 1. The van der Waals surface area contributed by atoms with E-state index in [2.05, 4.69) is 0 Å². The highest BCUT2D eigenvalue weighted by atomic mass is 16.4. The van der Waals surface area contributed by atoms with Gasteiger partial charge in [0, 0.05) is 6.54 Å². The molecule has 1 aliphatic rings. The summed E-state index contributed by atoms with van der Waals surface area (Å²) in [4.78, 5) is 24.8. The number of benzene rings is 1. The zero-order valence-electron chi connectivity index (χ0n) is 10.2. The van der Waals surface area contributed by atoms with Crippen LogP contribution in [0, 0.1) is 0 Å². The van der Waals surface area contributed by atoms with E-state index in [1.54, 1.807) is 0 Å². The fourth-order valence-corrected chi connectivity index (χ4v) is 2.36. The predicted molar refractivity (Wildman–Crippen MR) is 67.1 cm³/mol. The Morgan fingerprint density at radius 3 is 2.61 bits per heavy atom. The lowest BCUT2D eigenvalue weighted by molar-refractivity contribution is -0.151. The van der Waals surface area contributed by atoms with Crippen molar-refractivity contribution in [2.45, 2.75) is 31.7 Å². The first-order valence-corrected chi connectivity index (χ1v) is 6.24. The molecule has 1 fully saturated rings. The maximum Gasteiger partial charge on any atom is 0.326 e. The van der Waals surface area contributed by atoms with Crippen molar-refractivity contribution in [1.82, 2.24) is 4.90 Å². The molecule has 1 N–H and O–H groups in total. The van der Waals surface area contributed by atoms with Crippen molar-refractivity contribution < 1.29 is 14.7 Å². The molecular formula is C14H17NO3. The normalized spacial score (nSPS) is 19.6. The largest absolute Gasteiger partial charge is 0.480 e. The van der Waals surface area contributed by atoms with Crippen molar-refractivity contribution in [1.29, 1.82) is 0 Å². The summed E-state index contributed by atoms with van der Waals surface area (Å²) >= 11 is 0. The van der Waals surface area contributed by atoms with Crippen molar-refractivity contribution in [3.05, 3.63) is 35.9 Å². The Morgan fingerprint density at radius 1 is 1.22 bits per heavy atom. The SMILES string of the molecule is O=C(O)C1CCCCN1C(=O)Cc1ccccc1. The smallest absolute Gasteiger partial charge is 0.326 e. The molecule has 1 aromatic rings. The third-order valence-electron chi connectivity index (χ3n) is 3.31. The summed E-state index contributed by atoms with van der Waals surface area (Å²) < 4.78 is 0. The highest BCUT2D eigenvalue weighted by Crippen LogP contribution is 2.18. The zero-order valence-corrected chi connectivity index (χ0v) is 10.2. The minimum Gasteiger partial charge on any atom is -0.480 e. The monoisotopic (exact) mass is 247 g/mol. The maximum atomic E-state index is 12.1. The Kier molecular flexibility index (Phi) is 3.97. The van der Waals surface area contributed by atoms with Crippen molar-refractivity contribution >= 4 is 11.9 Å². The molecule has 0 aliphatic carbocycles. The molecule has 0 spiro atoms. The van der Waals surface area contributed by atoms with E-state index in [0.717, 1.165) is 18.4 Å². The van der Waals surface area contributed by atoms with Crippen LogP contribution in [-0.2, 0) is 16.0 Å². The van der Waals surface area contributed by atoms with Crippen molar-refractivity contribution in [2.24, 2.45) is 0 Å². The maximum absolute atomic E-state index is 12.1. The van der Waals surface area contributed by atoms with Crippen LogP contribution in [0.4, 0.5) is 0 Å². The van der Waals surface area contributed by atoms with E-state index >= 15 is 0 Å². The molecule has 0 bridgehead atoms. The zero-order chi connectivity index (χ0) is 13.0. The highest BCUT2D eigenvalue weighted by molar-refractivity contribution is 5.85. The van der Waals surface area contributed by atoms with E-state index in [1.165, 1.54) is 4.90 Å². The first-order valence-electron chi connectivity index (χ1n) is 6.24. The van der Waals surface area contributed by atoms with Crippen LogP contribution in [0.2, 0.25) is 0 Å². The molecule has 1 atom stereocenters. The molecule has 0 aromatic heterocycles. The second-order valence-electron chi connectivity index (χ2n) is 4.60. The molecule has 0 saturated carbocycles. The number of rotatable bonds is 3. The van der Waals surface area contributed by atoms with Gasteiger partial charge in [0.1, 0.15) is 6.04 Å². The van der Waals surface area contributed by atoms with Crippen LogP contribution in [-0.4, -0.2) is 34.5 Å². The summed E-state index contributed by atoms with van der Waals surface area (Å²) in [7, 11) is 0. The molecule has 1 heterocycles. The summed E-state index contributed by atoms with van der Waals surface area (Å²) in [6.45, 7) is 0.558. The Balaban J connectivity index is 2.05. The second-order valence-corrected chi connectivity index (χ2v) is 4.60. The topological polar surface area (TPSA) is 57.6 Å². The average Bonchev–Trinajstić information content (AvgIpc) is 2.40. The Bertz CT molecular complexity index is 430. The number of hydrogen-bond acceptors (Lipinski definition) is 2. The standard InChI is InChI=1S/C14H17NO3/c16-13(10-11-6-2-1-3-7-11)15-9-5-4-8-12(15)14(17)18/h1-3,6-7,12H,4-5,8-10H2,(H,17,18). The van der Waals surface area contributed by atoms with Crippen molar-refractivity contribution in [3.63, 3.8) is 0 Å². The van der Waals surface area contributed by atoms with E-state index < -0.39 is 12.0 Å². The lowest BCUT2D eigenvalue weighted by Gasteiger charge is -2.33. The lowest BCUT2D eigenvalue weighted by Crippen LogP contribution is -2.48. The first kappa shape index (κ1) is 12.6. The Morgan fingerprint density at radius 2 is 1.94 bits per heavy atom. The summed E-state index contributed by atoms with van der Waals surface area (Å²) in [5.74, 6) is -0.982. The number of hydrogen-bond donors (Lipinski definition) is 1. The molecule has 18 heavy (non-hydrogen) atoms. The number of nitrogens with zero attached hydrogens (tertiary/aromatic N) is 1. The van der Waals surface area contributed by atoms with Gasteiger partial charge in [-0.3, -0.25) is 4.79 Å². The number of aliphatic carboxylic acids is 1. The molecule has 2 rings (SSSR count). The van der Waals surface area contributed by atoms with Gasteiger partial charge in [0.25, 0.3) is 0 Å². The number of carbonyl (C=O) groups is 2. The van der Waals surface area contributed by atoms with Crippen molar-refractivity contribution in [3.8, 4) is 0 Å². The molecule has 96 valence electrons. The van der Waals surface area contributed by atoms with Gasteiger partial charge in [-0.25, -0.2) is 4.79 Å². The van der Waals surface area contributed by atoms with E-state index in [-0.39, 0.29) is 12.3 Å². The Labute approximate surface area is 106 Å². The average molecular weight is 247 g/mol. The molecule has 4 heteroatoms. The van der Waals surface area contributed by atoms with Gasteiger partial charge >= 0.3 is 5.97 Å². The van der Waals surface area contributed by atoms with Crippen LogP contribution in [0.25, 0.3) is 0 Å². The van der Waals surface area contributed by atoms with Crippen LogP contribution in [0.1, 0.15) is 24.8 Å². The fourth-order valence-electron chi connectivity index (χ4n) is 2.36. The quantitative estimate of drug-likeness (QED) is 0.884. The van der Waals surface area contributed by atoms with E-state index in [9.17, 15) is 9.59 Å². The van der Waals surface area contributed by atoms with E-state index in [4.69, 9.17) is 5.11 Å². The van der Waals surface area contributed by atoms with E-state index in [0.29, 0.717) is 13.0 Å². The van der Waals surface area contributed by atoms with Gasteiger partial charge in [0.15, 0.2) is 0 Å². The molecule has 1 amide bonds. The molecule has 0 radical (unpaired) electrons. The van der Waals surface area contributed by atoms with Crippen LogP contribution >= 0.6 is 0 Å². The third-order valence-corrected chi connectivity index (χ3v) is 3.31. The molecule has 1 aliphatic heterocycles. The van der Waals surface area contributed by atoms with Crippen LogP contribution in [0.3, 0.4) is 0 Å². The minimum absolute atomic E-state index is 0.0895. The van der Waals surface area contributed by atoms with E-state index in [1.807, 2.05) is 30.3 Å². The predicted octanol–water partition coefficient (Wildman–Crippen LogP) is 1.69. The number of carboxylic acid groups (broad SMARTS) is 1. The van der Waals surface area contributed by atoms with Crippen molar-refractivity contribution in [2.75, 3.05) is 6.54 Å². The molecule has 4 nitrogen and oxygen atoms in total. The number of carboxylic acids is 1. The molecular weight excluding hydrogens is 230 g/mol. The fraction of sp³-hybridized carbons (Fsp3) is 0.429. The summed E-state index contributed by atoms with van der Waals surface area (Å²) in [5.41, 5.74) is 0.928. The van der Waals surface area contributed by atoms with Crippen LogP contribution in [0.5, 0.6) is 0 Å². The van der Waals surface area contributed by atoms with Gasteiger partial charge in [0.05, 0.1) is 6.42 Å². The van der Waals surface area contributed by atoms with Gasteiger partial charge in [-0.15, -0.1) is 0 Å². The van der Waals surface area contributed by atoms with Gasteiger partial charge in [-0.1, -0.05) is 30.3 Å². The summed E-state index contributed by atoms with van der Waals surface area (Å²) in [5, 5.41) is 9.13. The van der Waals surface area contributed by atoms with Gasteiger partial charge in [0.2, 0.25) is 5.91 Å². The summed E-state index contributed by atoms with van der Waals surface area (Å²) in [6.07, 6.45) is 2.62. The highest BCUT2D eigenvalue weighted by Gasteiger charge is 2.31. The molecule has 1 saturated heterocycles. The lowest BCUT2D eigenvalue weighted by atomic mass is 10.0. The van der Waals surface area contributed by atoms with Crippen LogP contribution in [0.15, 0.2) is 30.3 Å². The number of piperidine rings is 1. The Hall–Kier alpha value is -1.84. The van der Waals surface area contributed by atoms with Gasteiger partial charge in [-0.2, -0.15) is 0 Å². The second kappa shape index (κ2) is 5.67. The van der Waals surface area contributed by atoms with Gasteiger partial charge in [-0.05, 0) is 24.8 Å². The summed E-state index contributed by atoms with van der Waals surface area (Å²) in [6, 6.07) is 8.79. The molecule has 1 aromatic carbocycles. The minimum atomic E-state index is -0.892. The van der Waals surface area contributed by atoms with Crippen LogP contribution < -0.4 is 0 Å². The number of likely N-dealkylation sites (tertiary alicyclic amines) is 1. The number of carbonyl (C=O) groups excluding carboxylic acids is 1. The van der Waals surface area contributed by atoms with Gasteiger partial charge < -0.3 is 10.0 Å².